The summed E-state index contributed by atoms with van der Waals surface area (Å²) < 4.78 is 12.6. The summed E-state index contributed by atoms with van der Waals surface area (Å²) in [6, 6.07) is 0. The van der Waals surface area contributed by atoms with Crippen molar-refractivity contribution in [2.75, 3.05) is 13.2 Å². The van der Waals surface area contributed by atoms with Gasteiger partial charge in [-0.25, -0.2) is 4.68 Å². The fourth-order valence-electron chi connectivity index (χ4n) is 1.93. The summed E-state index contributed by atoms with van der Waals surface area (Å²) in [5.74, 6) is 1.15. The zero-order valence-corrected chi connectivity index (χ0v) is 10.6. The SMILES string of the molecule is C#COCC1COc2c(C(C)(C)C)cnn2C1. The van der Waals surface area contributed by atoms with Gasteiger partial charge in [0.1, 0.15) is 12.7 Å². The van der Waals surface area contributed by atoms with Crippen molar-refractivity contribution in [1.82, 2.24) is 9.78 Å². The average molecular weight is 234 g/mol. The van der Waals surface area contributed by atoms with Crippen LogP contribution in [0.2, 0.25) is 0 Å². The molecule has 0 aromatic carbocycles. The van der Waals surface area contributed by atoms with Crippen LogP contribution in [0.3, 0.4) is 0 Å². The Kier molecular flexibility index (Phi) is 3.01. The Hall–Kier alpha value is -1.63. The van der Waals surface area contributed by atoms with Crippen LogP contribution in [0, 0.1) is 18.4 Å². The fraction of sp³-hybridized carbons (Fsp3) is 0.615. The van der Waals surface area contributed by atoms with E-state index in [9.17, 15) is 0 Å². The van der Waals surface area contributed by atoms with Crippen LogP contribution in [0.4, 0.5) is 0 Å². The van der Waals surface area contributed by atoms with Gasteiger partial charge in [0.15, 0.2) is 0 Å². The van der Waals surface area contributed by atoms with E-state index in [4.69, 9.17) is 15.9 Å². The summed E-state index contributed by atoms with van der Waals surface area (Å²) in [7, 11) is 0. The van der Waals surface area contributed by atoms with Crippen LogP contribution in [0.5, 0.6) is 5.88 Å². The van der Waals surface area contributed by atoms with Crippen LogP contribution in [0.1, 0.15) is 26.3 Å². The molecule has 0 amide bonds. The number of nitrogens with zero attached hydrogens (tertiary/aromatic N) is 2. The van der Waals surface area contributed by atoms with Gasteiger partial charge in [0.05, 0.1) is 19.3 Å². The Labute approximate surface area is 102 Å². The van der Waals surface area contributed by atoms with E-state index in [2.05, 4.69) is 32.0 Å². The van der Waals surface area contributed by atoms with Crippen molar-refractivity contribution in [1.29, 1.82) is 0 Å². The Morgan fingerprint density at radius 1 is 1.65 bits per heavy atom. The first-order valence-electron chi connectivity index (χ1n) is 5.79. The van der Waals surface area contributed by atoms with Gasteiger partial charge < -0.3 is 9.47 Å². The molecule has 2 heterocycles. The van der Waals surface area contributed by atoms with Crippen molar-refractivity contribution >= 4 is 0 Å². The topological polar surface area (TPSA) is 36.3 Å². The molecule has 1 aromatic rings. The lowest BCUT2D eigenvalue weighted by atomic mass is 9.89. The molecule has 17 heavy (non-hydrogen) atoms. The van der Waals surface area contributed by atoms with Gasteiger partial charge in [0.2, 0.25) is 5.88 Å². The third kappa shape index (κ3) is 2.38. The minimum absolute atomic E-state index is 0.0513. The molecule has 1 aromatic heterocycles. The lowest BCUT2D eigenvalue weighted by molar-refractivity contribution is 0.104. The molecule has 0 aliphatic carbocycles. The number of fused-ring (bicyclic) bond motifs is 1. The van der Waals surface area contributed by atoms with Crippen LogP contribution in [0.15, 0.2) is 6.20 Å². The Morgan fingerprint density at radius 2 is 2.41 bits per heavy atom. The highest BCUT2D eigenvalue weighted by atomic mass is 16.5. The van der Waals surface area contributed by atoms with Gasteiger partial charge in [-0.15, -0.1) is 0 Å². The van der Waals surface area contributed by atoms with Crippen molar-refractivity contribution in [2.24, 2.45) is 5.92 Å². The molecule has 1 aliphatic heterocycles. The first-order chi connectivity index (χ1) is 8.02. The van der Waals surface area contributed by atoms with Crippen LogP contribution in [0.25, 0.3) is 0 Å². The van der Waals surface area contributed by atoms with Gasteiger partial charge in [0, 0.05) is 11.5 Å². The van der Waals surface area contributed by atoms with Crippen molar-refractivity contribution in [2.45, 2.75) is 32.7 Å². The summed E-state index contributed by atoms with van der Waals surface area (Å²) >= 11 is 0. The Morgan fingerprint density at radius 3 is 3.06 bits per heavy atom. The predicted octanol–water partition coefficient (Wildman–Crippen LogP) is 1.80. The van der Waals surface area contributed by atoms with Crippen molar-refractivity contribution in [3.8, 4) is 18.4 Å². The van der Waals surface area contributed by atoms with Gasteiger partial charge in [-0.1, -0.05) is 27.2 Å². The smallest absolute Gasteiger partial charge is 0.215 e. The van der Waals surface area contributed by atoms with E-state index < -0.39 is 0 Å². The van der Waals surface area contributed by atoms with Gasteiger partial charge in [-0.3, -0.25) is 0 Å². The normalized spacial score (nSPS) is 19.1. The van der Waals surface area contributed by atoms with Crippen LogP contribution in [-0.4, -0.2) is 23.0 Å². The zero-order valence-electron chi connectivity index (χ0n) is 10.6. The molecule has 0 saturated heterocycles. The molecule has 0 fully saturated rings. The third-order valence-electron chi connectivity index (χ3n) is 2.89. The fourth-order valence-corrected chi connectivity index (χ4v) is 1.93. The highest BCUT2D eigenvalue weighted by molar-refractivity contribution is 5.31. The number of rotatable bonds is 2. The minimum atomic E-state index is 0.0513. The Bertz CT molecular complexity index is 437. The van der Waals surface area contributed by atoms with E-state index in [1.807, 2.05) is 10.9 Å². The van der Waals surface area contributed by atoms with Gasteiger partial charge in [-0.2, -0.15) is 5.10 Å². The van der Waals surface area contributed by atoms with E-state index in [1.54, 1.807) is 0 Å². The maximum Gasteiger partial charge on any atom is 0.215 e. The largest absolute Gasteiger partial charge is 0.477 e. The third-order valence-corrected chi connectivity index (χ3v) is 2.89. The van der Waals surface area contributed by atoms with E-state index in [0.717, 1.165) is 18.0 Å². The summed E-state index contributed by atoms with van der Waals surface area (Å²) in [6.45, 7) is 8.41. The first-order valence-corrected chi connectivity index (χ1v) is 5.79. The van der Waals surface area contributed by atoms with Crippen molar-refractivity contribution in [3.05, 3.63) is 11.8 Å². The number of hydrogen-bond donors (Lipinski definition) is 0. The molecule has 92 valence electrons. The summed E-state index contributed by atoms with van der Waals surface area (Å²) in [6.07, 6.45) is 9.14. The highest BCUT2D eigenvalue weighted by Gasteiger charge is 2.28. The van der Waals surface area contributed by atoms with E-state index >= 15 is 0 Å². The van der Waals surface area contributed by atoms with Crippen molar-refractivity contribution in [3.63, 3.8) is 0 Å². The molecule has 1 atom stereocenters. The molecule has 0 bridgehead atoms. The van der Waals surface area contributed by atoms with E-state index in [1.165, 1.54) is 0 Å². The molecule has 0 saturated carbocycles. The summed E-state index contributed by atoms with van der Waals surface area (Å²) in [4.78, 5) is 0. The first kappa shape index (κ1) is 11.8. The molecular weight excluding hydrogens is 216 g/mol. The molecule has 1 aliphatic rings. The number of terminal acetylenes is 1. The molecule has 0 N–H and O–H groups in total. The standard InChI is InChI=1S/C13H18N2O2/c1-5-16-8-10-7-15-12(17-9-10)11(6-14-15)13(2,3)4/h1,6,10H,7-9H2,2-4H3. The number of ether oxygens (including phenoxy) is 2. The van der Waals surface area contributed by atoms with Crippen LogP contribution < -0.4 is 4.74 Å². The molecule has 4 nitrogen and oxygen atoms in total. The Balaban J connectivity index is 2.14. The molecule has 0 radical (unpaired) electrons. The maximum absolute atomic E-state index is 5.78. The van der Waals surface area contributed by atoms with E-state index in [0.29, 0.717) is 13.2 Å². The molecule has 1 unspecified atom stereocenters. The summed E-state index contributed by atoms with van der Waals surface area (Å²) in [5.41, 5.74) is 1.20. The zero-order chi connectivity index (χ0) is 12.5. The van der Waals surface area contributed by atoms with Crippen molar-refractivity contribution < 1.29 is 9.47 Å². The molecule has 0 spiro atoms. The van der Waals surface area contributed by atoms with Gasteiger partial charge >= 0.3 is 0 Å². The second kappa shape index (κ2) is 4.33. The quantitative estimate of drug-likeness (QED) is 0.732. The molecule has 2 rings (SSSR count). The molecular formula is C13H18N2O2. The second-order valence-electron chi connectivity index (χ2n) is 5.40. The lowest BCUT2D eigenvalue weighted by Gasteiger charge is -2.26. The summed E-state index contributed by atoms with van der Waals surface area (Å²) in [5, 5.41) is 4.37. The van der Waals surface area contributed by atoms with Crippen LogP contribution in [-0.2, 0) is 16.7 Å². The average Bonchev–Trinajstić information content (AvgIpc) is 2.68. The second-order valence-corrected chi connectivity index (χ2v) is 5.40. The van der Waals surface area contributed by atoms with Crippen LogP contribution >= 0.6 is 0 Å². The van der Waals surface area contributed by atoms with E-state index in [-0.39, 0.29) is 11.3 Å². The highest BCUT2D eigenvalue weighted by Crippen LogP contribution is 2.33. The molecule has 4 heteroatoms. The monoisotopic (exact) mass is 234 g/mol. The van der Waals surface area contributed by atoms with Gasteiger partial charge in [0.25, 0.3) is 0 Å². The predicted molar refractivity (Wildman–Crippen MR) is 64.7 cm³/mol. The maximum atomic E-state index is 5.78. The number of hydrogen-bond acceptors (Lipinski definition) is 3. The minimum Gasteiger partial charge on any atom is -0.477 e. The van der Waals surface area contributed by atoms with Gasteiger partial charge in [-0.05, 0) is 5.41 Å². The lowest BCUT2D eigenvalue weighted by Crippen LogP contribution is -2.29. The number of aromatic nitrogens is 2.